The molecule has 5 nitrogen and oxygen atoms in total. The predicted octanol–water partition coefficient (Wildman–Crippen LogP) is 5.19. The Labute approximate surface area is 171 Å². The smallest absolute Gasteiger partial charge is 0.261 e. The van der Waals surface area contributed by atoms with Crippen molar-refractivity contribution in [3.8, 4) is 0 Å². The maximum absolute atomic E-state index is 13.0. The number of anilines is 2. The van der Waals surface area contributed by atoms with Gasteiger partial charge < -0.3 is 5.32 Å². The minimum Gasteiger partial charge on any atom is -0.322 e. The average Bonchev–Trinajstić information content (AvgIpc) is 2.61. The van der Waals surface area contributed by atoms with Gasteiger partial charge in [0.15, 0.2) is 0 Å². The Bertz CT molecular complexity index is 1120. The van der Waals surface area contributed by atoms with E-state index in [1.165, 1.54) is 30.3 Å². The third kappa shape index (κ3) is 4.81. The molecule has 2 N–H and O–H groups in total. The zero-order valence-electron chi connectivity index (χ0n) is 14.1. The molecular formula is C19H13Cl2FN2O3S. The third-order valence-corrected chi connectivity index (χ3v) is 5.48. The molecule has 0 radical (unpaired) electrons. The summed E-state index contributed by atoms with van der Waals surface area (Å²) in [5, 5.41) is 3.30. The van der Waals surface area contributed by atoms with Gasteiger partial charge in [-0.1, -0.05) is 35.3 Å². The van der Waals surface area contributed by atoms with Crippen LogP contribution in [-0.4, -0.2) is 14.3 Å². The lowest BCUT2D eigenvalue weighted by Gasteiger charge is -2.13. The molecule has 0 saturated carbocycles. The quantitative estimate of drug-likeness (QED) is 0.575. The van der Waals surface area contributed by atoms with Crippen molar-refractivity contribution in [2.75, 3.05) is 10.0 Å². The van der Waals surface area contributed by atoms with Crippen molar-refractivity contribution < 1.29 is 17.6 Å². The summed E-state index contributed by atoms with van der Waals surface area (Å²) < 4.78 is 40.5. The molecule has 3 rings (SSSR count). The number of amides is 1. The largest absolute Gasteiger partial charge is 0.322 e. The number of carbonyl (C=O) groups excluding carboxylic acids is 1. The fraction of sp³-hybridized carbons (Fsp3) is 0. The van der Waals surface area contributed by atoms with Crippen LogP contribution in [0.15, 0.2) is 71.6 Å². The zero-order chi connectivity index (χ0) is 20.3. The highest BCUT2D eigenvalue weighted by molar-refractivity contribution is 7.92. The molecule has 28 heavy (non-hydrogen) atoms. The first kappa shape index (κ1) is 20.1. The highest BCUT2D eigenvalue weighted by Gasteiger charge is 2.19. The molecule has 0 spiro atoms. The number of halogens is 3. The number of sulfonamides is 1. The lowest BCUT2D eigenvalue weighted by atomic mass is 10.1. The van der Waals surface area contributed by atoms with E-state index in [4.69, 9.17) is 23.2 Å². The summed E-state index contributed by atoms with van der Waals surface area (Å²) in [5.41, 5.74) is 0.514. The molecule has 9 heteroatoms. The summed E-state index contributed by atoms with van der Waals surface area (Å²) in [7, 11) is -4.01. The Kier molecular flexibility index (Phi) is 5.88. The first-order valence-electron chi connectivity index (χ1n) is 7.89. The number of hydrogen-bond acceptors (Lipinski definition) is 3. The fourth-order valence-corrected chi connectivity index (χ4v) is 4.02. The normalized spacial score (nSPS) is 11.1. The lowest BCUT2D eigenvalue weighted by Crippen LogP contribution is -2.18. The summed E-state index contributed by atoms with van der Waals surface area (Å²) in [6.07, 6.45) is 0. The van der Waals surface area contributed by atoms with E-state index in [0.29, 0.717) is 15.7 Å². The average molecular weight is 439 g/mol. The van der Waals surface area contributed by atoms with Crippen LogP contribution in [0.25, 0.3) is 0 Å². The van der Waals surface area contributed by atoms with Gasteiger partial charge in [-0.2, -0.15) is 0 Å². The van der Waals surface area contributed by atoms with Crippen LogP contribution in [0.4, 0.5) is 15.8 Å². The van der Waals surface area contributed by atoms with Gasteiger partial charge in [0.2, 0.25) is 0 Å². The van der Waals surface area contributed by atoms with Gasteiger partial charge in [0.1, 0.15) is 5.82 Å². The van der Waals surface area contributed by atoms with Crippen molar-refractivity contribution in [2.24, 2.45) is 0 Å². The van der Waals surface area contributed by atoms with Gasteiger partial charge in [-0.05, 0) is 54.6 Å². The van der Waals surface area contributed by atoms with Crippen LogP contribution in [-0.2, 0) is 10.0 Å². The van der Waals surface area contributed by atoms with Gasteiger partial charge in [0.25, 0.3) is 15.9 Å². The van der Waals surface area contributed by atoms with Gasteiger partial charge in [0.05, 0.1) is 16.1 Å². The first-order valence-corrected chi connectivity index (χ1v) is 10.1. The van der Waals surface area contributed by atoms with Crippen molar-refractivity contribution in [2.45, 2.75) is 4.90 Å². The number of carbonyl (C=O) groups is 1. The third-order valence-electron chi connectivity index (χ3n) is 3.66. The summed E-state index contributed by atoms with van der Waals surface area (Å²) in [5.74, 6) is -1.12. The molecular weight excluding hydrogens is 426 g/mol. The van der Waals surface area contributed by atoms with Crippen molar-refractivity contribution in [1.82, 2.24) is 0 Å². The maximum atomic E-state index is 13.0. The van der Waals surface area contributed by atoms with E-state index >= 15 is 0 Å². The van der Waals surface area contributed by atoms with Crippen LogP contribution in [0.5, 0.6) is 0 Å². The molecule has 144 valence electrons. The molecule has 3 aromatic carbocycles. The van der Waals surface area contributed by atoms with Crippen molar-refractivity contribution >= 4 is 50.5 Å². The molecule has 0 aliphatic heterocycles. The highest BCUT2D eigenvalue weighted by Crippen LogP contribution is 2.25. The Hall–Kier alpha value is -2.61. The molecule has 1 amide bonds. The monoisotopic (exact) mass is 438 g/mol. The molecule has 0 atom stereocenters. The van der Waals surface area contributed by atoms with Gasteiger partial charge in [-0.15, -0.1) is 0 Å². The number of benzene rings is 3. The van der Waals surface area contributed by atoms with Crippen LogP contribution >= 0.6 is 23.2 Å². The summed E-state index contributed by atoms with van der Waals surface area (Å²) >= 11 is 11.8. The zero-order valence-corrected chi connectivity index (χ0v) is 16.4. The van der Waals surface area contributed by atoms with Gasteiger partial charge >= 0.3 is 0 Å². The standard InChI is InChI=1S/C19H13Cl2FN2O3S/c20-12-9-13(21)11-15(10-12)23-19(25)17-3-1-2-4-18(17)24-28(26,27)16-7-5-14(22)6-8-16/h1-11,24H,(H,23,25). The van der Waals surface area contributed by atoms with Crippen LogP contribution in [0, 0.1) is 5.82 Å². The number of nitrogens with one attached hydrogen (secondary N) is 2. The number of hydrogen-bond donors (Lipinski definition) is 2. The maximum Gasteiger partial charge on any atom is 0.261 e. The van der Waals surface area contributed by atoms with Crippen LogP contribution < -0.4 is 10.0 Å². The van der Waals surface area contributed by atoms with Gasteiger partial charge in [-0.25, -0.2) is 12.8 Å². The summed E-state index contributed by atoms with van der Waals surface area (Å²) in [6, 6.07) is 15.0. The molecule has 0 bridgehead atoms. The fourth-order valence-electron chi connectivity index (χ4n) is 2.41. The minimum atomic E-state index is -4.01. The van der Waals surface area contributed by atoms with E-state index in [2.05, 4.69) is 10.0 Å². The Morgan fingerprint density at radius 1 is 0.893 bits per heavy atom. The lowest BCUT2D eigenvalue weighted by molar-refractivity contribution is 0.102. The molecule has 3 aromatic rings. The van der Waals surface area contributed by atoms with E-state index in [1.54, 1.807) is 12.1 Å². The number of rotatable bonds is 5. The Balaban J connectivity index is 1.88. The van der Waals surface area contributed by atoms with Crippen molar-refractivity contribution in [1.29, 1.82) is 0 Å². The first-order chi connectivity index (χ1) is 13.2. The minimum absolute atomic E-state index is 0.0671. The summed E-state index contributed by atoms with van der Waals surface area (Å²) in [4.78, 5) is 12.5. The van der Waals surface area contributed by atoms with Crippen molar-refractivity contribution in [3.05, 3.63) is 88.2 Å². The molecule has 0 fully saturated rings. The van der Waals surface area contributed by atoms with Crippen LogP contribution in [0.3, 0.4) is 0 Å². The van der Waals surface area contributed by atoms with E-state index in [1.807, 2.05) is 0 Å². The molecule has 0 saturated heterocycles. The molecule has 0 aliphatic carbocycles. The van der Waals surface area contributed by atoms with E-state index in [0.717, 1.165) is 24.3 Å². The summed E-state index contributed by atoms with van der Waals surface area (Å²) in [6.45, 7) is 0. The van der Waals surface area contributed by atoms with Crippen LogP contribution in [0.1, 0.15) is 10.4 Å². The second-order valence-electron chi connectivity index (χ2n) is 5.72. The molecule has 0 unspecified atom stereocenters. The SMILES string of the molecule is O=C(Nc1cc(Cl)cc(Cl)c1)c1ccccc1NS(=O)(=O)c1ccc(F)cc1. The molecule has 0 aliphatic rings. The van der Waals surface area contributed by atoms with Crippen molar-refractivity contribution in [3.63, 3.8) is 0 Å². The molecule has 0 heterocycles. The second kappa shape index (κ2) is 8.18. The second-order valence-corrected chi connectivity index (χ2v) is 8.27. The predicted molar refractivity (Wildman–Crippen MR) is 108 cm³/mol. The van der Waals surface area contributed by atoms with Gasteiger partial charge in [0, 0.05) is 15.7 Å². The molecule has 0 aromatic heterocycles. The highest BCUT2D eigenvalue weighted by atomic mass is 35.5. The Morgan fingerprint density at radius 3 is 2.14 bits per heavy atom. The van der Waals surface area contributed by atoms with Crippen LogP contribution in [0.2, 0.25) is 10.0 Å². The van der Waals surface area contributed by atoms with Gasteiger partial charge in [-0.3, -0.25) is 9.52 Å². The topological polar surface area (TPSA) is 75.3 Å². The van der Waals surface area contributed by atoms with E-state index in [-0.39, 0.29) is 16.1 Å². The number of para-hydroxylation sites is 1. The van der Waals surface area contributed by atoms with E-state index in [9.17, 15) is 17.6 Å². The Morgan fingerprint density at radius 2 is 1.50 bits per heavy atom. The van der Waals surface area contributed by atoms with E-state index < -0.39 is 21.7 Å².